The first-order chi connectivity index (χ1) is 14.0. The van der Waals surface area contributed by atoms with Crippen LogP contribution in [-0.2, 0) is 20.9 Å². The van der Waals surface area contributed by atoms with Crippen molar-refractivity contribution in [3.05, 3.63) is 75.2 Å². The molecule has 1 saturated heterocycles. The molecule has 0 bridgehead atoms. The van der Waals surface area contributed by atoms with Gasteiger partial charge in [-0.15, -0.1) is 0 Å². The lowest BCUT2D eigenvalue weighted by Gasteiger charge is -2.29. The zero-order valence-corrected chi connectivity index (χ0v) is 16.8. The van der Waals surface area contributed by atoms with Gasteiger partial charge in [-0.1, -0.05) is 47.5 Å². The molecule has 1 fully saturated rings. The fourth-order valence-electron chi connectivity index (χ4n) is 3.52. The van der Waals surface area contributed by atoms with Crippen molar-refractivity contribution in [1.29, 1.82) is 0 Å². The molecular weight excluding hydrogens is 418 g/mol. The third-order valence-corrected chi connectivity index (χ3v) is 5.51. The van der Waals surface area contributed by atoms with Crippen molar-refractivity contribution in [2.24, 2.45) is 0 Å². The molecule has 2 heterocycles. The quantitative estimate of drug-likeness (QED) is 0.687. The van der Waals surface area contributed by atoms with Crippen LogP contribution in [0.2, 0.25) is 10.0 Å². The van der Waals surface area contributed by atoms with E-state index in [1.54, 1.807) is 30.3 Å². The molecule has 29 heavy (non-hydrogen) atoms. The normalized spacial score (nSPS) is 17.5. The minimum atomic E-state index is -0.510. The predicted octanol–water partition coefficient (Wildman–Crippen LogP) is 3.74. The van der Waals surface area contributed by atoms with Gasteiger partial charge in [0.15, 0.2) is 0 Å². The number of carbonyl (C=O) groups excluding carboxylic acids is 2. The van der Waals surface area contributed by atoms with Crippen LogP contribution in [0.1, 0.15) is 11.1 Å². The van der Waals surface area contributed by atoms with Gasteiger partial charge in [-0.2, -0.15) is 0 Å². The molecule has 0 aromatic heterocycles. The molecule has 0 radical (unpaired) electrons. The van der Waals surface area contributed by atoms with E-state index in [0.29, 0.717) is 36.9 Å². The lowest BCUT2D eigenvalue weighted by Crippen LogP contribution is -2.40. The number of rotatable bonds is 4. The Morgan fingerprint density at radius 2 is 1.72 bits per heavy atom. The largest absolute Gasteiger partial charge is 0.378 e. The summed E-state index contributed by atoms with van der Waals surface area (Å²) in [5, 5.41) is 0.694. The lowest BCUT2D eigenvalue weighted by atomic mass is 10.0. The first-order valence-electron chi connectivity index (χ1n) is 9.09. The minimum Gasteiger partial charge on any atom is -0.378 e. The van der Waals surface area contributed by atoms with Crippen LogP contribution >= 0.6 is 23.2 Å². The Hall–Kier alpha value is -2.41. The monoisotopic (exact) mass is 434 g/mol. The third-order valence-electron chi connectivity index (χ3n) is 4.96. The highest BCUT2D eigenvalue weighted by Gasteiger charge is 2.42. The van der Waals surface area contributed by atoms with E-state index >= 15 is 0 Å². The van der Waals surface area contributed by atoms with Crippen LogP contribution in [0.4, 0.5) is 4.39 Å². The topological polar surface area (TPSA) is 49.9 Å². The van der Waals surface area contributed by atoms with Crippen LogP contribution in [0, 0.1) is 5.82 Å². The van der Waals surface area contributed by atoms with Crippen molar-refractivity contribution in [2.45, 2.75) is 6.54 Å². The van der Waals surface area contributed by atoms with Gasteiger partial charge in [0.05, 0.1) is 30.4 Å². The molecule has 2 aromatic rings. The number of morpholine rings is 1. The summed E-state index contributed by atoms with van der Waals surface area (Å²) in [6.45, 7) is 1.67. The maximum atomic E-state index is 14.2. The molecule has 150 valence electrons. The van der Waals surface area contributed by atoms with E-state index in [0.717, 1.165) is 4.90 Å². The number of halogens is 3. The first kappa shape index (κ1) is 19.9. The van der Waals surface area contributed by atoms with Crippen molar-refractivity contribution in [3.8, 4) is 0 Å². The van der Waals surface area contributed by atoms with Gasteiger partial charge in [-0.3, -0.25) is 14.5 Å². The molecule has 2 aromatic carbocycles. The fraction of sp³-hybridized carbons (Fsp3) is 0.238. The van der Waals surface area contributed by atoms with Crippen molar-refractivity contribution >= 4 is 40.6 Å². The Morgan fingerprint density at radius 3 is 2.41 bits per heavy atom. The smallest absolute Gasteiger partial charge is 0.278 e. The van der Waals surface area contributed by atoms with E-state index in [4.69, 9.17) is 27.9 Å². The molecule has 8 heteroatoms. The van der Waals surface area contributed by atoms with Crippen molar-refractivity contribution in [1.82, 2.24) is 9.80 Å². The maximum absolute atomic E-state index is 14.2. The highest BCUT2D eigenvalue weighted by atomic mass is 35.5. The van der Waals surface area contributed by atoms with Gasteiger partial charge in [-0.25, -0.2) is 4.39 Å². The Kier molecular flexibility index (Phi) is 5.58. The molecule has 0 N–H and O–H groups in total. The predicted molar refractivity (Wildman–Crippen MR) is 108 cm³/mol. The number of hydrogen-bond acceptors (Lipinski definition) is 4. The lowest BCUT2D eigenvalue weighted by molar-refractivity contribution is -0.138. The van der Waals surface area contributed by atoms with Crippen molar-refractivity contribution in [3.63, 3.8) is 0 Å². The molecule has 0 aliphatic carbocycles. The molecule has 2 amide bonds. The Bertz CT molecular complexity index is 1020. The fourth-order valence-corrected chi connectivity index (χ4v) is 4.02. The van der Waals surface area contributed by atoms with Crippen molar-refractivity contribution in [2.75, 3.05) is 26.3 Å². The molecular formula is C21H17Cl2FN2O3. The summed E-state index contributed by atoms with van der Waals surface area (Å²) in [6.07, 6.45) is 0. The van der Waals surface area contributed by atoms with Crippen LogP contribution in [0.5, 0.6) is 0 Å². The standard InChI is InChI=1S/C21H17Cl2FN2O3/c22-14-5-6-15(16(23)11-14)18-19(25-7-9-29-10-8-25)21(28)26(20(18)27)12-13-3-1-2-4-17(13)24/h1-6,11H,7-10,12H2. The highest BCUT2D eigenvalue weighted by Crippen LogP contribution is 2.37. The number of benzene rings is 2. The second kappa shape index (κ2) is 8.14. The second-order valence-electron chi connectivity index (χ2n) is 6.74. The maximum Gasteiger partial charge on any atom is 0.278 e. The van der Waals surface area contributed by atoms with Gasteiger partial charge in [0.25, 0.3) is 11.8 Å². The van der Waals surface area contributed by atoms with Gasteiger partial charge < -0.3 is 9.64 Å². The number of hydrogen-bond donors (Lipinski definition) is 0. The molecule has 0 atom stereocenters. The van der Waals surface area contributed by atoms with Crippen LogP contribution < -0.4 is 0 Å². The van der Waals surface area contributed by atoms with Gasteiger partial charge in [0.2, 0.25) is 0 Å². The average molecular weight is 435 g/mol. The van der Waals surface area contributed by atoms with Crippen LogP contribution in [0.3, 0.4) is 0 Å². The second-order valence-corrected chi connectivity index (χ2v) is 7.58. The number of carbonyl (C=O) groups is 2. The third kappa shape index (κ3) is 3.75. The molecule has 0 saturated carbocycles. The van der Waals surface area contributed by atoms with Crippen LogP contribution in [0.15, 0.2) is 48.2 Å². The Morgan fingerprint density at radius 1 is 1.00 bits per heavy atom. The summed E-state index contributed by atoms with van der Waals surface area (Å²) in [5.74, 6) is -1.45. The van der Waals surface area contributed by atoms with Crippen molar-refractivity contribution < 1.29 is 18.7 Å². The molecule has 0 unspecified atom stereocenters. The van der Waals surface area contributed by atoms with Crippen LogP contribution in [0.25, 0.3) is 5.57 Å². The summed E-state index contributed by atoms with van der Waals surface area (Å²) in [5.41, 5.74) is 1.15. The molecule has 0 spiro atoms. The van der Waals surface area contributed by atoms with E-state index < -0.39 is 17.6 Å². The first-order valence-corrected chi connectivity index (χ1v) is 9.85. The van der Waals surface area contributed by atoms with Gasteiger partial charge in [0, 0.05) is 29.2 Å². The molecule has 4 rings (SSSR count). The van der Waals surface area contributed by atoms with Gasteiger partial charge in [0.1, 0.15) is 11.5 Å². The zero-order valence-electron chi connectivity index (χ0n) is 15.3. The summed E-state index contributed by atoms with van der Waals surface area (Å²) < 4.78 is 19.5. The summed E-state index contributed by atoms with van der Waals surface area (Å²) in [6, 6.07) is 10.8. The summed E-state index contributed by atoms with van der Waals surface area (Å²) in [7, 11) is 0. The summed E-state index contributed by atoms with van der Waals surface area (Å²) >= 11 is 12.4. The van der Waals surface area contributed by atoms with Gasteiger partial charge >= 0.3 is 0 Å². The number of nitrogens with zero attached hydrogens (tertiary/aromatic N) is 2. The van der Waals surface area contributed by atoms with E-state index in [1.165, 1.54) is 12.1 Å². The van der Waals surface area contributed by atoms with E-state index in [9.17, 15) is 14.0 Å². The van der Waals surface area contributed by atoms with E-state index in [2.05, 4.69) is 0 Å². The number of ether oxygens (including phenoxy) is 1. The number of amides is 2. The average Bonchev–Trinajstić information content (AvgIpc) is 2.95. The SMILES string of the molecule is O=C1C(c2ccc(Cl)cc2Cl)=C(N2CCOCC2)C(=O)N1Cc1ccccc1F. The zero-order chi connectivity index (χ0) is 20.5. The minimum absolute atomic E-state index is 0.160. The molecule has 2 aliphatic rings. The molecule has 2 aliphatic heterocycles. The summed E-state index contributed by atoms with van der Waals surface area (Å²) in [4.78, 5) is 29.4. The molecule has 5 nitrogen and oxygen atoms in total. The van der Waals surface area contributed by atoms with E-state index in [1.807, 2.05) is 4.90 Å². The highest BCUT2D eigenvalue weighted by molar-refractivity contribution is 6.41. The van der Waals surface area contributed by atoms with Crippen LogP contribution in [-0.4, -0.2) is 47.9 Å². The Balaban J connectivity index is 1.78. The van der Waals surface area contributed by atoms with Gasteiger partial charge in [-0.05, 0) is 18.2 Å². The number of imide groups is 1. The van der Waals surface area contributed by atoms with E-state index in [-0.39, 0.29) is 28.4 Å². The Labute approximate surface area is 177 Å².